The topological polar surface area (TPSA) is 80.7 Å². The first-order chi connectivity index (χ1) is 5.56. The van der Waals surface area contributed by atoms with Crippen LogP contribution in [0.25, 0.3) is 0 Å². The van der Waals surface area contributed by atoms with E-state index in [1.165, 1.54) is 0 Å². The quantitative estimate of drug-likeness (QED) is 0.358. The molecule has 1 N–H and O–H groups in total. The van der Waals surface area contributed by atoms with E-state index >= 15 is 0 Å². The van der Waals surface area contributed by atoms with Gasteiger partial charge < -0.3 is 4.74 Å². The van der Waals surface area contributed by atoms with E-state index in [2.05, 4.69) is 4.74 Å². The molecule has 6 heteroatoms. The molecule has 0 fully saturated rings. The van der Waals surface area contributed by atoms with Crippen LogP contribution in [0.1, 0.15) is 19.3 Å². The molecule has 0 aromatic rings. The van der Waals surface area contributed by atoms with E-state index in [-0.39, 0.29) is 5.75 Å². The molecule has 0 heterocycles. The zero-order valence-corrected chi connectivity index (χ0v) is 7.42. The van der Waals surface area contributed by atoms with Crippen LogP contribution in [-0.4, -0.2) is 31.8 Å². The zero-order valence-electron chi connectivity index (χ0n) is 6.60. The van der Waals surface area contributed by atoms with Crippen molar-refractivity contribution in [2.45, 2.75) is 19.3 Å². The van der Waals surface area contributed by atoms with Gasteiger partial charge in [-0.15, -0.1) is 0 Å². The third-order valence-corrected chi connectivity index (χ3v) is 2.04. The first-order valence-corrected chi connectivity index (χ1v) is 5.17. The van der Waals surface area contributed by atoms with Crippen LogP contribution >= 0.6 is 0 Å². The van der Waals surface area contributed by atoms with Gasteiger partial charge in [0, 0.05) is 0 Å². The van der Waals surface area contributed by atoms with Gasteiger partial charge in [0.25, 0.3) is 16.6 Å². The van der Waals surface area contributed by atoms with E-state index in [9.17, 15) is 13.2 Å². The molecular formula is C6H12O5S. The highest BCUT2D eigenvalue weighted by Gasteiger charge is 2.02. The van der Waals surface area contributed by atoms with Crippen LogP contribution in [0.4, 0.5) is 0 Å². The predicted octanol–water partition coefficient (Wildman–Crippen LogP) is 0.217. The van der Waals surface area contributed by atoms with Crippen molar-refractivity contribution >= 4 is 16.6 Å². The van der Waals surface area contributed by atoms with Crippen LogP contribution in [0.2, 0.25) is 0 Å². The van der Waals surface area contributed by atoms with E-state index in [1.54, 1.807) is 0 Å². The molecule has 0 aliphatic heterocycles. The van der Waals surface area contributed by atoms with Crippen LogP contribution < -0.4 is 0 Å². The fraction of sp³-hybridized carbons (Fsp3) is 0.833. The summed E-state index contributed by atoms with van der Waals surface area (Å²) in [6.07, 6.45) is 1.63. The largest absolute Gasteiger partial charge is 0.468 e. The summed E-state index contributed by atoms with van der Waals surface area (Å²) in [6, 6.07) is 0. The molecule has 0 unspecified atom stereocenters. The second kappa shape index (κ2) is 5.96. The summed E-state index contributed by atoms with van der Waals surface area (Å²) in [5.74, 6) is -0.228. The normalized spacial score (nSPS) is 11.1. The summed E-state index contributed by atoms with van der Waals surface area (Å²) in [6.45, 7) is 0.651. The molecule has 0 amide bonds. The van der Waals surface area contributed by atoms with Gasteiger partial charge in [0.05, 0.1) is 12.4 Å². The van der Waals surface area contributed by atoms with Crippen molar-refractivity contribution in [3.05, 3.63) is 0 Å². The highest BCUT2D eigenvalue weighted by atomic mass is 32.2. The number of hydrogen-bond acceptors (Lipinski definition) is 4. The zero-order chi connectivity index (χ0) is 9.45. The Bertz CT molecular complexity index is 208. The highest BCUT2D eigenvalue weighted by Crippen LogP contribution is 1.98. The van der Waals surface area contributed by atoms with Gasteiger partial charge in [-0.2, -0.15) is 8.42 Å². The van der Waals surface area contributed by atoms with Crippen molar-refractivity contribution < 1.29 is 22.5 Å². The number of carbonyl (C=O) groups is 1. The molecule has 5 nitrogen and oxygen atoms in total. The summed E-state index contributed by atoms with van der Waals surface area (Å²) < 4.78 is 33.1. The molecule has 0 aliphatic carbocycles. The molecule has 0 aromatic carbocycles. The molecule has 0 aliphatic rings. The highest BCUT2D eigenvalue weighted by molar-refractivity contribution is 7.85. The average Bonchev–Trinajstić information content (AvgIpc) is 1.94. The first-order valence-electron chi connectivity index (χ1n) is 3.56. The third-order valence-electron chi connectivity index (χ3n) is 1.23. The maximum atomic E-state index is 10.2. The smallest absolute Gasteiger partial charge is 0.293 e. The van der Waals surface area contributed by atoms with Gasteiger partial charge in [-0.1, -0.05) is 0 Å². The SMILES string of the molecule is O=COCCCCCS(=O)(=O)O. The lowest BCUT2D eigenvalue weighted by Gasteiger charge is -1.97. The monoisotopic (exact) mass is 196 g/mol. The molecule has 0 radical (unpaired) electrons. The van der Waals surface area contributed by atoms with E-state index in [1.807, 2.05) is 0 Å². The van der Waals surface area contributed by atoms with E-state index in [0.29, 0.717) is 32.3 Å². The van der Waals surface area contributed by atoms with Crippen LogP contribution in [0.3, 0.4) is 0 Å². The van der Waals surface area contributed by atoms with Gasteiger partial charge in [0.1, 0.15) is 0 Å². The van der Waals surface area contributed by atoms with Crippen LogP contribution in [0.15, 0.2) is 0 Å². The van der Waals surface area contributed by atoms with E-state index in [0.717, 1.165) is 0 Å². The molecule has 0 saturated carbocycles. The lowest BCUT2D eigenvalue weighted by molar-refractivity contribution is -0.128. The number of rotatable bonds is 7. The van der Waals surface area contributed by atoms with Gasteiger partial charge in [-0.05, 0) is 19.3 Å². The summed E-state index contributed by atoms with van der Waals surface area (Å²) in [7, 11) is -3.83. The van der Waals surface area contributed by atoms with Crippen LogP contribution in [0.5, 0.6) is 0 Å². The lowest BCUT2D eigenvalue weighted by atomic mass is 10.3. The lowest BCUT2D eigenvalue weighted by Crippen LogP contribution is -2.03. The molecule has 0 spiro atoms. The number of unbranched alkanes of at least 4 members (excludes halogenated alkanes) is 2. The molecule has 12 heavy (non-hydrogen) atoms. The third kappa shape index (κ3) is 9.38. The molecule has 0 bridgehead atoms. The fourth-order valence-electron chi connectivity index (χ4n) is 0.695. The van der Waals surface area contributed by atoms with Gasteiger partial charge in [-0.25, -0.2) is 0 Å². The Labute approximate surface area is 71.5 Å². The Balaban J connectivity index is 3.17. The Kier molecular flexibility index (Phi) is 5.65. The minimum Gasteiger partial charge on any atom is -0.468 e. The number of ether oxygens (including phenoxy) is 1. The van der Waals surface area contributed by atoms with Crippen molar-refractivity contribution in [1.29, 1.82) is 0 Å². The van der Waals surface area contributed by atoms with Gasteiger partial charge in [0.2, 0.25) is 0 Å². The van der Waals surface area contributed by atoms with Crippen molar-refractivity contribution in [2.24, 2.45) is 0 Å². The van der Waals surface area contributed by atoms with Gasteiger partial charge >= 0.3 is 0 Å². The second-order valence-corrected chi connectivity index (χ2v) is 3.89. The molecule has 0 rings (SSSR count). The Morgan fingerprint density at radius 2 is 1.92 bits per heavy atom. The van der Waals surface area contributed by atoms with Crippen molar-refractivity contribution in [3.63, 3.8) is 0 Å². The van der Waals surface area contributed by atoms with Crippen molar-refractivity contribution in [3.8, 4) is 0 Å². The van der Waals surface area contributed by atoms with Gasteiger partial charge in [-0.3, -0.25) is 9.35 Å². The first kappa shape index (κ1) is 11.4. The standard InChI is InChI=1S/C6H12O5S/c7-6-11-4-2-1-3-5-12(8,9)10/h6H,1-5H2,(H,8,9,10). The van der Waals surface area contributed by atoms with Crippen LogP contribution in [0, 0.1) is 0 Å². The van der Waals surface area contributed by atoms with Crippen molar-refractivity contribution in [1.82, 2.24) is 0 Å². The molecule has 72 valence electrons. The number of hydrogen-bond donors (Lipinski definition) is 1. The predicted molar refractivity (Wildman–Crippen MR) is 42.3 cm³/mol. The Morgan fingerprint density at radius 1 is 1.25 bits per heavy atom. The maximum Gasteiger partial charge on any atom is 0.293 e. The molecule has 0 saturated heterocycles. The minimum atomic E-state index is -3.83. The van der Waals surface area contributed by atoms with Gasteiger partial charge in [0.15, 0.2) is 0 Å². The fourth-order valence-corrected chi connectivity index (χ4v) is 1.26. The second-order valence-electron chi connectivity index (χ2n) is 2.31. The summed E-state index contributed by atoms with van der Waals surface area (Å²) >= 11 is 0. The molecule has 0 atom stereocenters. The summed E-state index contributed by atoms with van der Waals surface area (Å²) in [5, 5.41) is 0. The Hall–Kier alpha value is -0.620. The van der Waals surface area contributed by atoms with E-state index in [4.69, 9.17) is 4.55 Å². The van der Waals surface area contributed by atoms with E-state index < -0.39 is 10.1 Å². The van der Waals surface area contributed by atoms with Crippen molar-refractivity contribution in [2.75, 3.05) is 12.4 Å². The average molecular weight is 196 g/mol. The summed E-state index contributed by atoms with van der Waals surface area (Å²) in [4.78, 5) is 9.64. The summed E-state index contributed by atoms with van der Waals surface area (Å²) in [5.41, 5.74) is 0. The Morgan fingerprint density at radius 3 is 2.42 bits per heavy atom. The maximum absolute atomic E-state index is 10.2. The number of carbonyl (C=O) groups excluding carboxylic acids is 1. The van der Waals surface area contributed by atoms with Crippen LogP contribution in [-0.2, 0) is 19.6 Å². The molecular weight excluding hydrogens is 184 g/mol. The molecule has 0 aromatic heterocycles. The minimum absolute atomic E-state index is 0.228.